The summed E-state index contributed by atoms with van der Waals surface area (Å²) in [7, 11) is 3.71. The van der Waals surface area contributed by atoms with Crippen LogP contribution in [0.1, 0.15) is 56.4 Å². The number of nitrogens with two attached hydrogens (primary N) is 2. The first-order valence-corrected chi connectivity index (χ1v) is 11.1. The number of ether oxygens (including phenoxy) is 2. The van der Waals surface area contributed by atoms with E-state index in [0.29, 0.717) is 17.8 Å². The Labute approximate surface area is 184 Å². The highest BCUT2D eigenvalue weighted by Gasteiger charge is 2.35. The average molecular weight is 433 g/mol. The molecular formula is C22H36N6O3. The van der Waals surface area contributed by atoms with Crippen molar-refractivity contribution < 1.29 is 14.3 Å². The molecule has 0 amide bonds. The van der Waals surface area contributed by atoms with Gasteiger partial charge >= 0.3 is 0 Å². The Bertz CT molecular complexity index is 830. The summed E-state index contributed by atoms with van der Waals surface area (Å²) in [4.78, 5) is 19.2. The number of carbonyl (C=O) groups excluding carboxylic acids is 1. The number of hydrogen-bond acceptors (Lipinski definition) is 8. The van der Waals surface area contributed by atoms with Crippen LogP contribution in [0.25, 0.3) is 11.0 Å². The van der Waals surface area contributed by atoms with E-state index < -0.39 is 0 Å². The summed E-state index contributed by atoms with van der Waals surface area (Å²) in [6, 6.07) is 0. The minimum atomic E-state index is 0.0293. The number of piperidine rings is 1. The molecular weight excluding hydrogens is 396 g/mol. The fourth-order valence-electron chi connectivity index (χ4n) is 5.02. The minimum absolute atomic E-state index is 0.0293. The molecule has 2 aromatic rings. The van der Waals surface area contributed by atoms with Gasteiger partial charge in [-0.15, -0.1) is 0 Å². The fourth-order valence-corrected chi connectivity index (χ4v) is 5.02. The van der Waals surface area contributed by atoms with Crippen molar-refractivity contribution in [3.05, 3.63) is 18.1 Å². The summed E-state index contributed by atoms with van der Waals surface area (Å²) in [5.41, 5.74) is 12.7. The van der Waals surface area contributed by atoms with Crippen LogP contribution in [0.15, 0.2) is 12.5 Å². The Hall–Kier alpha value is -2.07. The van der Waals surface area contributed by atoms with Gasteiger partial charge in [-0.25, -0.2) is 9.97 Å². The van der Waals surface area contributed by atoms with Gasteiger partial charge in [0, 0.05) is 18.4 Å². The van der Waals surface area contributed by atoms with E-state index in [2.05, 4.69) is 38.4 Å². The smallest absolute Gasteiger partial charge is 0.147 e. The highest BCUT2D eigenvalue weighted by Crippen LogP contribution is 2.41. The largest absolute Gasteiger partial charge is 0.383 e. The van der Waals surface area contributed by atoms with Gasteiger partial charge in [-0.3, -0.25) is 0 Å². The molecule has 9 heteroatoms. The predicted octanol–water partition coefficient (Wildman–Crippen LogP) is 2.27. The Morgan fingerprint density at radius 3 is 2.52 bits per heavy atom. The van der Waals surface area contributed by atoms with Crippen LogP contribution < -0.4 is 11.5 Å². The van der Waals surface area contributed by atoms with E-state index in [1.54, 1.807) is 6.33 Å². The molecule has 3 saturated heterocycles. The van der Waals surface area contributed by atoms with Crippen LogP contribution in [0.4, 0.5) is 5.82 Å². The predicted molar refractivity (Wildman–Crippen MR) is 120 cm³/mol. The number of fused-ring (bicyclic) bond motifs is 1. The molecule has 31 heavy (non-hydrogen) atoms. The first kappa shape index (κ1) is 23.6. The molecule has 172 valence electrons. The van der Waals surface area contributed by atoms with Crippen molar-refractivity contribution in [1.82, 2.24) is 19.4 Å². The molecule has 3 atom stereocenters. The average Bonchev–Trinajstić information content (AvgIpc) is 3.57. The molecule has 3 fully saturated rings. The maximum Gasteiger partial charge on any atom is 0.147 e. The lowest BCUT2D eigenvalue weighted by Crippen LogP contribution is -2.35. The van der Waals surface area contributed by atoms with Crippen molar-refractivity contribution in [2.75, 3.05) is 39.5 Å². The van der Waals surface area contributed by atoms with Gasteiger partial charge in [0.2, 0.25) is 0 Å². The molecule has 0 bridgehead atoms. The summed E-state index contributed by atoms with van der Waals surface area (Å²) in [6.07, 6.45) is 10.9. The van der Waals surface area contributed by atoms with E-state index >= 15 is 0 Å². The van der Waals surface area contributed by atoms with Crippen LogP contribution in [0, 0.1) is 5.92 Å². The van der Waals surface area contributed by atoms with Gasteiger partial charge in [0.05, 0.1) is 17.6 Å². The van der Waals surface area contributed by atoms with Crippen molar-refractivity contribution in [2.45, 2.75) is 57.0 Å². The first-order valence-electron chi connectivity index (χ1n) is 11.1. The number of hydrogen-bond donors (Lipinski definition) is 2. The van der Waals surface area contributed by atoms with Crippen LogP contribution in [-0.2, 0) is 14.3 Å². The van der Waals surface area contributed by atoms with E-state index in [-0.39, 0.29) is 12.3 Å². The van der Waals surface area contributed by atoms with Gasteiger partial charge < -0.3 is 35.2 Å². The Kier molecular flexibility index (Phi) is 8.36. The summed E-state index contributed by atoms with van der Waals surface area (Å²) >= 11 is 0. The molecule has 0 saturated carbocycles. The lowest BCUT2D eigenvalue weighted by Gasteiger charge is -2.32. The number of aromatic nitrogens is 3. The number of nitrogens with zero attached hydrogens (tertiary/aromatic N) is 4. The van der Waals surface area contributed by atoms with Crippen molar-refractivity contribution in [1.29, 1.82) is 0 Å². The molecule has 3 unspecified atom stereocenters. The third-order valence-electron chi connectivity index (χ3n) is 6.57. The fraction of sp³-hybridized carbons (Fsp3) is 0.682. The molecule has 0 aromatic carbocycles. The third kappa shape index (κ3) is 4.90. The Balaban J connectivity index is 0.000000645. The molecule has 5 rings (SSSR count). The van der Waals surface area contributed by atoms with Gasteiger partial charge in [-0.2, -0.15) is 0 Å². The van der Waals surface area contributed by atoms with Gasteiger partial charge in [-0.05, 0) is 71.6 Å². The van der Waals surface area contributed by atoms with E-state index in [4.69, 9.17) is 20.0 Å². The molecule has 5 heterocycles. The van der Waals surface area contributed by atoms with Crippen molar-refractivity contribution >= 4 is 23.6 Å². The molecule has 0 radical (unpaired) electrons. The number of carbonyl (C=O) groups is 1. The molecule has 0 spiro atoms. The maximum atomic E-state index is 8.00. The summed E-state index contributed by atoms with van der Waals surface area (Å²) in [5, 5.41) is 0.941. The lowest BCUT2D eigenvalue weighted by atomic mass is 9.90. The molecule has 2 aromatic heterocycles. The summed E-state index contributed by atoms with van der Waals surface area (Å²) in [5.74, 6) is 1.21. The second-order valence-electron chi connectivity index (χ2n) is 8.30. The number of nitrogen functional groups attached to an aromatic ring is 1. The highest BCUT2D eigenvalue weighted by atomic mass is 16.5. The second-order valence-corrected chi connectivity index (χ2v) is 8.30. The molecule has 4 N–H and O–H groups in total. The summed E-state index contributed by atoms with van der Waals surface area (Å²) < 4.78 is 14.7. The van der Waals surface area contributed by atoms with Gasteiger partial charge in [0.25, 0.3) is 0 Å². The lowest BCUT2D eigenvalue weighted by molar-refractivity contribution is -0.0980. The monoisotopic (exact) mass is 432 g/mol. The number of anilines is 1. The second kappa shape index (κ2) is 11.0. The number of likely N-dealkylation sites (tertiary alicyclic amines) is 1. The third-order valence-corrected chi connectivity index (χ3v) is 6.57. The van der Waals surface area contributed by atoms with E-state index in [9.17, 15) is 0 Å². The molecule has 0 aliphatic carbocycles. The van der Waals surface area contributed by atoms with Crippen LogP contribution in [0.2, 0.25) is 0 Å². The van der Waals surface area contributed by atoms with Gasteiger partial charge in [0.15, 0.2) is 0 Å². The van der Waals surface area contributed by atoms with Crippen molar-refractivity contribution in [2.24, 2.45) is 11.7 Å². The zero-order valence-electron chi connectivity index (χ0n) is 18.7. The van der Waals surface area contributed by atoms with Gasteiger partial charge in [0.1, 0.15) is 30.8 Å². The zero-order chi connectivity index (χ0) is 22.4. The maximum absolute atomic E-state index is 8.00. The quantitative estimate of drug-likeness (QED) is 0.757. The highest BCUT2D eigenvalue weighted by molar-refractivity contribution is 5.90. The summed E-state index contributed by atoms with van der Waals surface area (Å²) in [6.45, 7) is 5.16. The number of rotatable bonds is 3. The minimum Gasteiger partial charge on any atom is -0.383 e. The Morgan fingerprint density at radius 2 is 1.84 bits per heavy atom. The van der Waals surface area contributed by atoms with Crippen LogP contribution >= 0.6 is 0 Å². The van der Waals surface area contributed by atoms with E-state index in [1.807, 2.05) is 6.79 Å². The standard InChI is InChI=1S/C20H29N5O2.CH5N.CH2O/c1-24-8-6-13(7-9-24)15-4-5-17(27-15)25-11-14(16-3-2-10-26-16)18-19(21)22-12-23-20(18)25;2*1-2/h11-13,15-17H,2-10H2,1H3,(H2,21,22,23);2H2,1H3;1H2. The molecule has 3 aliphatic heterocycles. The van der Waals surface area contributed by atoms with Crippen molar-refractivity contribution in [3.63, 3.8) is 0 Å². The van der Waals surface area contributed by atoms with Gasteiger partial charge in [-0.1, -0.05) is 0 Å². The van der Waals surface area contributed by atoms with Crippen molar-refractivity contribution in [3.8, 4) is 0 Å². The Morgan fingerprint density at radius 1 is 1.10 bits per heavy atom. The van der Waals surface area contributed by atoms with E-state index in [1.165, 1.54) is 33.0 Å². The normalized spacial score (nSPS) is 26.9. The topological polar surface area (TPSA) is 122 Å². The SMILES string of the molecule is C=O.CN.CN1CCC(C2CCC(n3cc(C4CCCO4)c4c(N)ncnc43)O2)CC1. The van der Waals surface area contributed by atoms with Crippen LogP contribution in [0.5, 0.6) is 0 Å². The van der Waals surface area contributed by atoms with Crippen LogP contribution in [-0.4, -0.2) is 66.1 Å². The van der Waals surface area contributed by atoms with E-state index in [0.717, 1.165) is 48.9 Å². The molecule has 9 nitrogen and oxygen atoms in total. The zero-order valence-corrected chi connectivity index (χ0v) is 18.7. The first-order chi connectivity index (χ1) is 15.2. The van der Waals surface area contributed by atoms with Crippen LogP contribution in [0.3, 0.4) is 0 Å². The molecule has 3 aliphatic rings.